The third kappa shape index (κ3) is 6.70. The van der Waals surface area contributed by atoms with Crippen LogP contribution >= 0.6 is 11.6 Å². The highest BCUT2D eigenvalue weighted by Crippen LogP contribution is 2.25. The zero-order valence-corrected chi connectivity index (χ0v) is 20.3. The number of rotatable bonds is 9. The lowest BCUT2D eigenvalue weighted by molar-refractivity contribution is -0.119. The maximum absolute atomic E-state index is 13.3. The van der Waals surface area contributed by atoms with E-state index in [1.807, 2.05) is 6.92 Å². The minimum atomic E-state index is -3.91. The molecule has 0 unspecified atom stereocenters. The van der Waals surface area contributed by atoms with Crippen LogP contribution in [0.1, 0.15) is 31.7 Å². The summed E-state index contributed by atoms with van der Waals surface area (Å²) in [4.78, 5) is 15.2. The van der Waals surface area contributed by atoms with Gasteiger partial charge in [-0.1, -0.05) is 36.2 Å². The first-order valence-electron chi connectivity index (χ1n) is 11.1. The number of hydrogen-bond acceptors (Lipinski definition) is 4. The molecule has 0 aromatic heterocycles. The van der Waals surface area contributed by atoms with Gasteiger partial charge in [-0.15, -0.1) is 0 Å². The van der Waals surface area contributed by atoms with Gasteiger partial charge in [0, 0.05) is 11.6 Å². The van der Waals surface area contributed by atoms with E-state index in [1.165, 1.54) is 12.8 Å². The van der Waals surface area contributed by atoms with Crippen molar-refractivity contribution < 1.29 is 13.2 Å². The molecule has 0 aliphatic carbocycles. The Morgan fingerprint density at radius 1 is 1.09 bits per heavy atom. The van der Waals surface area contributed by atoms with Gasteiger partial charge in [-0.25, -0.2) is 8.42 Å². The highest BCUT2D eigenvalue weighted by molar-refractivity contribution is 7.92. The number of hydrogen-bond donors (Lipinski definition) is 1. The van der Waals surface area contributed by atoms with Gasteiger partial charge in [0.15, 0.2) is 0 Å². The smallest absolute Gasteiger partial charge is 0.264 e. The minimum absolute atomic E-state index is 0.144. The first kappa shape index (κ1) is 24.6. The zero-order chi connectivity index (χ0) is 23.1. The molecule has 2 aromatic carbocycles. The predicted octanol–water partition coefficient (Wildman–Crippen LogP) is 4.08. The summed E-state index contributed by atoms with van der Waals surface area (Å²) >= 11 is 5.98. The van der Waals surface area contributed by atoms with Crippen LogP contribution in [0.15, 0.2) is 53.4 Å². The summed E-state index contributed by atoms with van der Waals surface area (Å²) in [7, 11) is -3.91. The molecule has 0 atom stereocenters. The Balaban J connectivity index is 1.64. The number of amides is 1. The van der Waals surface area contributed by atoms with Crippen LogP contribution in [0.4, 0.5) is 5.69 Å². The van der Waals surface area contributed by atoms with Crippen LogP contribution in [-0.4, -0.2) is 51.9 Å². The van der Waals surface area contributed by atoms with Gasteiger partial charge in [0.25, 0.3) is 10.0 Å². The third-order valence-electron chi connectivity index (χ3n) is 5.86. The number of aryl methyl sites for hydroxylation is 1. The molecule has 1 amide bonds. The molecule has 0 spiro atoms. The first-order valence-corrected chi connectivity index (χ1v) is 12.9. The highest BCUT2D eigenvalue weighted by Gasteiger charge is 2.27. The van der Waals surface area contributed by atoms with Crippen molar-refractivity contribution >= 4 is 33.2 Å². The molecule has 6 nitrogen and oxygen atoms in total. The van der Waals surface area contributed by atoms with Gasteiger partial charge < -0.3 is 10.2 Å². The van der Waals surface area contributed by atoms with Gasteiger partial charge in [0.05, 0.1) is 10.6 Å². The van der Waals surface area contributed by atoms with Gasteiger partial charge in [-0.05, 0) is 88.1 Å². The van der Waals surface area contributed by atoms with Gasteiger partial charge in [-0.2, -0.15) is 0 Å². The maximum atomic E-state index is 13.3. The van der Waals surface area contributed by atoms with E-state index in [0.717, 1.165) is 41.8 Å². The quantitative estimate of drug-likeness (QED) is 0.552. The van der Waals surface area contributed by atoms with Crippen molar-refractivity contribution in [3.8, 4) is 0 Å². The Bertz CT molecular complexity index is 986. The first-order chi connectivity index (χ1) is 15.3. The molecule has 1 heterocycles. The number of nitrogens with one attached hydrogen (secondary N) is 1. The zero-order valence-electron chi connectivity index (χ0n) is 18.8. The average molecular weight is 478 g/mol. The molecule has 1 fully saturated rings. The van der Waals surface area contributed by atoms with Crippen LogP contribution in [0.3, 0.4) is 0 Å². The van der Waals surface area contributed by atoms with Crippen LogP contribution in [0.5, 0.6) is 0 Å². The fraction of sp³-hybridized carbons (Fsp3) is 0.458. The topological polar surface area (TPSA) is 69.7 Å². The molecule has 3 rings (SSSR count). The van der Waals surface area contributed by atoms with E-state index in [0.29, 0.717) is 17.3 Å². The molecule has 1 saturated heterocycles. The molecule has 1 aliphatic heterocycles. The van der Waals surface area contributed by atoms with Crippen LogP contribution in [0.2, 0.25) is 5.02 Å². The molecule has 32 heavy (non-hydrogen) atoms. The van der Waals surface area contributed by atoms with Crippen LogP contribution in [0, 0.1) is 12.8 Å². The molecule has 174 valence electrons. The van der Waals surface area contributed by atoms with E-state index in [9.17, 15) is 13.2 Å². The lowest BCUT2D eigenvalue weighted by Gasteiger charge is -2.30. The number of sulfonamides is 1. The van der Waals surface area contributed by atoms with Crippen LogP contribution < -0.4 is 9.62 Å². The summed E-state index contributed by atoms with van der Waals surface area (Å²) in [5.41, 5.74) is 1.36. The van der Waals surface area contributed by atoms with Gasteiger partial charge >= 0.3 is 0 Å². The van der Waals surface area contributed by atoms with Gasteiger partial charge in [-0.3, -0.25) is 9.10 Å². The number of benzene rings is 2. The lowest BCUT2D eigenvalue weighted by Crippen LogP contribution is -2.41. The number of carbonyl (C=O) groups is 1. The van der Waals surface area contributed by atoms with Crippen LogP contribution in [0.25, 0.3) is 0 Å². The average Bonchev–Trinajstić information content (AvgIpc) is 2.77. The van der Waals surface area contributed by atoms with Crippen LogP contribution in [-0.2, 0) is 14.8 Å². The normalized spacial score (nSPS) is 15.5. The van der Waals surface area contributed by atoms with E-state index in [2.05, 4.69) is 17.1 Å². The van der Waals surface area contributed by atoms with Crippen molar-refractivity contribution in [1.82, 2.24) is 10.2 Å². The number of nitrogens with zero attached hydrogens (tertiary/aromatic N) is 2. The van der Waals surface area contributed by atoms with Crippen molar-refractivity contribution in [2.45, 2.75) is 38.0 Å². The Labute approximate surface area is 196 Å². The van der Waals surface area contributed by atoms with Crippen molar-refractivity contribution in [3.63, 3.8) is 0 Å². The second-order valence-corrected chi connectivity index (χ2v) is 10.8. The number of piperidine rings is 1. The number of anilines is 1. The number of carbonyl (C=O) groups excluding carboxylic acids is 1. The molecule has 0 saturated carbocycles. The van der Waals surface area contributed by atoms with Gasteiger partial charge in [0.2, 0.25) is 5.91 Å². The van der Waals surface area contributed by atoms with E-state index in [1.54, 1.807) is 48.5 Å². The summed E-state index contributed by atoms with van der Waals surface area (Å²) in [6.07, 6.45) is 3.28. The number of likely N-dealkylation sites (tertiary alicyclic amines) is 1. The highest BCUT2D eigenvalue weighted by atomic mass is 35.5. The van der Waals surface area contributed by atoms with Crippen molar-refractivity contribution in [2.24, 2.45) is 5.92 Å². The molecule has 8 heteroatoms. The summed E-state index contributed by atoms with van der Waals surface area (Å²) < 4.78 is 27.8. The molecular weight excluding hydrogens is 446 g/mol. The van der Waals surface area contributed by atoms with E-state index in [4.69, 9.17) is 11.6 Å². The molecule has 0 radical (unpaired) electrons. The summed E-state index contributed by atoms with van der Waals surface area (Å²) in [5.74, 6) is 0.461. The molecule has 0 bridgehead atoms. The summed E-state index contributed by atoms with van der Waals surface area (Å²) in [5, 5.41) is 3.38. The van der Waals surface area contributed by atoms with E-state index >= 15 is 0 Å². The predicted molar refractivity (Wildman–Crippen MR) is 130 cm³/mol. The summed E-state index contributed by atoms with van der Waals surface area (Å²) in [6.45, 7) is 7.56. The number of halogens is 1. The Kier molecular flexibility index (Phi) is 8.57. The fourth-order valence-corrected chi connectivity index (χ4v) is 5.31. The molecule has 2 aromatic rings. The fourth-order valence-electron chi connectivity index (χ4n) is 3.76. The monoisotopic (exact) mass is 477 g/mol. The molecule has 1 aliphatic rings. The van der Waals surface area contributed by atoms with E-state index in [-0.39, 0.29) is 17.3 Å². The lowest BCUT2D eigenvalue weighted by atomic mass is 9.99. The SMILES string of the molecule is Cc1ccc(S(=O)(=O)N(CC(=O)NCCCN2CCC(C)CC2)c2ccc(Cl)cc2)cc1. The maximum Gasteiger partial charge on any atom is 0.264 e. The molecular formula is C24H32ClN3O3S. The van der Waals surface area contributed by atoms with Crippen molar-refractivity contribution in [2.75, 3.05) is 37.0 Å². The standard InChI is InChI=1S/C24H32ClN3O3S/c1-19-4-10-23(11-5-19)32(30,31)28(22-8-6-21(25)7-9-22)18-24(29)26-14-3-15-27-16-12-20(2)13-17-27/h4-11,20H,3,12-18H2,1-2H3,(H,26,29). The Hall–Kier alpha value is -2.09. The molecule has 1 N–H and O–H groups in total. The second kappa shape index (κ2) is 11.2. The largest absolute Gasteiger partial charge is 0.354 e. The van der Waals surface area contributed by atoms with Crippen molar-refractivity contribution in [1.29, 1.82) is 0 Å². The minimum Gasteiger partial charge on any atom is -0.354 e. The van der Waals surface area contributed by atoms with E-state index < -0.39 is 10.0 Å². The Morgan fingerprint density at radius 2 is 1.72 bits per heavy atom. The van der Waals surface area contributed by atoms with Gasteiger partial charge in [0.1, 0.15) is 6.54 Å². The van der Waals surface area contributed by atoms with Crippen molar-refractivity contribution in [3.05, 3.63) is 59.1 Å². The summed E-state index contributed by atoms with van der Waals surface area (Å²) in [6, 6.07) is 13.1. The third-order valence-corrected chi connectivity index (χ3v) is 7.90. The Morgan fingerprint density at radius 3 is 2.34 bits per heavy atom. The second-order valence-electron chi connectivity index (χ2n) is 8.53.